The van der Waals surface area contributed by atoms with Crippen LogP contribution < -0.4 is 0 Å². The van der Waals surface area contributed by atoms with Gasteiger partial charge in [-0.15, -0.1) is 10.2 Å². The van der Waals surface area contributed by atoms with Crippen LogP contribution in [0.2, 0.25) is 0 Å². The van der Waals surface area contributed by atoms with Crippen molar-refractivity contribution in [1.82, 2.24) is 14.8 Å². The Morgan fingerprint density at radius 2 is 2.35 bits per heavy atom. The summed E-state index contributed by atoms with van der Waals surface area (Å²) in [5.74, 6) is 1.27. The Bertz CT molecular complexity index is 499. The van der Waals surface area contributed by atoms with Gasteiger partial charge < -0.3 is 18.8 Å². The van der Waals surface area contributed by atoms with E-state index in [1.165, 1.54) is 11.8 Å². The monoisotopic (exact) mass is 297 g/mol. The lowest BCUT2D eigenvalue weighted by Gasteiger charge is -2.12. The Hall–Kier alpha value is -1.31. The van der Waals surface area contributed by atoms with Crippen molar-refractivity contribution in [3.8, 4) is 0 Å². The van der Waals surface area contributed by atoms with Crippen LogP contribution in [0.3, 0.4) is 0 Å². The van der Waals surface area contributed by atoms with Crippen LogP contribution in [0.25, 0.3) is 0 Å². The van der Waals surface area contributed by atoms with Crippen molar-refractivity contribution in [2.24, 2.45) is 0 Å². The van der Waals surface area contributed by atoms with Gasteiger partial charge in [0.05, 0.1) is 19.0 Å². The summed E-state index contributed by atoms with van der Waals surface area (Å²) in [5.41, 5.74) is 0. The molecule has 0 bridgehead atoms. The average Bonchev–Trinajstić information content (AvgIpc) is 3.07. The highest BCUT2D eigenvalue weighted by Gasteiger charge is 2.11. The molecule has 7 heteroatoms. The molecule has 0 saturated heterocycles. The average molecular weight is 297 g/mol. The van der Waals surface area contributed by atoms with Crippen LogP contribution in [0, 0.1) is 0 Å². The molecule has 110 valence electrons. The van der Waals surface area contributed by atoms with Crippen LogP contribution in [0.15, 0.2) is 34.3 Å². The minimum absolute atomic E-state index is 0.267. The van der Waals surface area contributed by atoms with Gasteiger partial charge in [-0.2, -0.15) is 0 Å². The fourth-order valence-electron chi connectivity index (χ4n) is 1.60. The number of nitrogens with zero attached hydrogens (tertiary/aromatic N) is 3. The molecule has 1 atom stereocenters. The molecule has 2 aromatic heterocycles. The highest BCUT2D eigenvalue weighted by atomic mass is 32.2. The Morgan fingerprint density at radius 1 is 1.50 bits per heavy atom. The highest BCUT2D eigenvalue weighted by molar-refractivity contribution is 7.99. The van der Waals surface area contributed by atoms with Crippen molar-refractivity contribution >= 4 is 11.8 Å². The molecule has 1 unspecified atom stereocenters. The molecule has 0 aromatic carbocycles. The van der Waals surface area contributed by atoms with E-state index in [1.54, 1.807) is 12.6 Å². The number of rotatable bonds is 8. The van der Waals surface area contributed by atoms with E-state index >= 15 is 0 Å². The van der Waals surface area contributed by atoms with Crippen LogP contribution in [-0.4, -0.2) is 38.3 Å². The van der Waals surface area contributed by atoms with Gasteiger partial charge in [0.15, 0.2) is 5.16 Å². The van der Waals surface area contributed by atoms with Gasteiger partial charge in [0, 0.05) is 11.8 Å². The van der Waals surface area contributed by atoms with Crippen LogP contribution in [0.5, 0.6) is 0 Å². The topological polar surface area (TPSA) is 73.3 Å². The number of hydrogen-bond donors (Lipinski definition) is 1. The number of hydrogen-bond acceptors (Lipinski definition) is 6. The fraction of sp³-hybridized carbons (Fsp3) is 0.538. The third-order valence-electron chi connectivity index (χ3n) is 2.64. The zero-order valence-corrected chi connectivity index (χ0v) is 12.4. The third-order valence-corrected chi connectivity index (χ3v) is 3.74. The molecular weight excluding hydrogens is 278 g/mol. The molecule has 0 aliphatic rings. The lowest BCUT2D eigenvalue weighted by atomic mass is 10.4. The van der Waals surface area contributed by atoms with Crippen molar-refractivity contribution in [2.75, 3.05) is 12.4 Å². The van der Waals surface area contributed by atoms with Gasteiger partial charge in [-0.25, -0.2) is 0 Å². The molecule has 6 nitrogen and oxygen atoms in total. The molecule has 2 heterocycles. The molecule has 0 saturated carbocycles. The summed E-state index contributed by atoms with van der Waals surface area (Å²) in [5, 5.41) is 18.6. The maximum absolute atomic E-state index is 9.87. The Morgan fingerprint density at radius 3 is 3.05 bits per heavy atom. The molecule has 1 N–H and O–H groups in total. The van der Waals surface area contributed by atoms with E-state index in [0.717, 1.165) is 10.9 Å². The molecule has 0 spiro atoms. The first-order valence-electron chi connectivity index (χ1n) is 6.47. The number of aromatic nitrogens is 3. The number of aliphatic hydroxyl groups excluding tert-OH is 1. The van der Waals surface area contributed by atoms with Crippen molar-refractivity contribution in [2.45, 2.75) is 37.8 Å². The second-order valence-corrected chi connectivity index (χ2v) is 5.66. The smallest absolute Gasteiger partial charge is 0.191 e. The lowest BCUT2D eigenvalue weighted by molar-refractivity contribution is 0.0328. The number of thioether (sulfide) groups is 1. The Kier molecular flexibility index (Phi) is 5.63. The lowest BCUT2D eigenvalue weighted by Crippen LogP contribution is -2.18. The van der Waals surface area contributed by atoms with Gasteiger partial charge in [0.2, 0.25) is 0 Å². The van der Waals surface area contributed by atoms with E-state index in [4.69, 9.17) is 9.15 Å². The van der Waals surface area contributed by atoms with Gasteiger partial charge in [0.25, 0.3) is 0 Å². The molecule has 0 aliphatic carbocycles. The number of furan rings is 1. The van der Waals surface area contributed by atoms with E-state index in [1.807, 2.05) is 16.7 Å². The SMILES string of the molecule is CC(C)n1cnnc1SCC(O)COCc1ccco1. The maximum Gasteiger partial charge on any atom is 0.191 e. The van der Waals surface area contributed by atoms with E-state index in [-0.39, 0.29) is 6.61 Å². The molecule has 2 rings (SSSR count). The minimum atomic E-state index is -0.549. The summed E-state index contributed by atoms with van der Waals surface area (Å²) in [6, 6.07) is 3.95. The van der Waals surface area contributed by atoms with Crippen molar-refractivity contribution in [3.63, 3.8) is 0 Å². The quantitative estimate of drug-likeness (QED) is 0.752. The third kappa shape index (κ3) is 4.36. The Labute approximate surface area is 122 Å². The molecule has 2 aromatic rings. The predicted octanol–water partition coefficient (Wildman–Crippen LogP) is 2.12. The molecule has 20 heavy (non-hydrogen) atoms. The molecule has 0 radical (unpaired) electrons. The molecular formula is C13H19N3O3S. The van der Waals surface area contributed by atoms with Gasteiger partial charge in [0.1, 0.15) is 18.7 Å². The van der Waals surface area contributed by atoms with E-state index in [0.29, 0.717) is 18.4 Å². The molecule has 0 fully saturated rings. The first kappa shape index (κ1) is 15.1. The Balaban J connectivity index is 1.69. The van der Waals surface area contributed by atoms with Crippen LogP contribution in [-0.2, 0) is 11.3 Å². The standard InChI is InChI=1S/C13H19N3O3S/c1-10(2)16-9-14-15-13(16)20-8-11(17)6-18-7-12-4-3-5-19-12/h3-5,9-11,17H,6-8H2,1-2H3. The fourth-order valence-corrected chi connectivity index (χ4v) is 2.55. The van der Waals surface area contributed by atoms with E-state index in [9.17, 15) is 5.11 Å². The summed E-state index contributed by atoms with van der Waals surface area (Å²) in [4.78, 5) is 0. The summed E-state index contributed by atoms with van der Waals surface area (Å²) >= 11 is 1.47. The van der Waals surface area contributed by atoms with Gasteiger partial charge in [-0.1, -0.05) is 11.8 Å². The first-order chi connectivity index (χ1) is 9.66. The van der Waals surface area contributed by atoms with E-state index < -0.39 is 6.10 Å². The van der Waals surface area contributed by atoms with Crippen molar-refractivity contribution in [3.05, 3.63) is 30.5 Å². The van der Waals surface area contributed by atoms with Gasteiger partial charge >= 0.3 is 0 Å². The zero-order chi connectivity index (χ0) is 14.4. The zero-order valence-electron chi connectivity index (χ0n) is 11.6. The van der Waals surface area contributed by atoms with E-state index in [2.05, 4.69) is 24.0 Å². The predicted molar refractivity (Wildman–Crippen MR) is 75.5 cm³/mol. The molecule has 0 amide bonds. The van der Waals surface area contributed by atoms with Gasteiger partial charge in [-0.3, -0.25) is 0 Å². The second-order valence-electron chi connectivity index (χ2n) is 4.67. The summed E-state index contributed by atoms with van der Waals surface area (Å²) in [7, 11) is 0. The van der Waals surface area contributed by atoms with Crippen molar-refractivity contribution in [1.29, 1.82) is 0 Å². The van der Waals surface area contributed by atoms with Crippen LogP contribution in [0.4, 0.5) is 0 Å². The highest BCUT2D eigenvalue weighted by Crippen LogP contribution is 2.19. The number of aliphatic hydroxyl groups is 1. The van der Waals surface area contributed by atoms with Gasteiger partial charge in [-0.05, 0) is 26.0 Å². The second kappa shape index (κ2) is 7.47. The normalized spacial score (nSPS) is 13.0. The maximum atomic E-state index is 9.87. The summed E-state index contributed by atoms with van der Waals surface area (Å²) in [6.45, 7) is 4.77. The first-order valence-corrected chi connectivity index (χ1v) is 7.46. The minimum Gasteiger partial charge on any atom is -0.467 e. The number of ether oxygens (including phenoxy) is 1. The van der Waals surface area contributed by atoms with Crippen LogP contribution in [0.1, 0.15) is 25.6 Å². The summed E-state index contributed by atoms with van der Waals surface area (Å²) in [6.07, 6.45) is 2.75. The van der Waals surface area contributed by atoms with Crippen LogP contribution >= 0.6 is 11.8 Å². The van der Waals surface area contributed by atoms with Crippen molar-refractivity contribution < 1.29 is 14.3 Å². The molecule has 0 aliphatic heterocycles. The largest absolute Gasteiger partial charge is 0.467 e. The summed E-state index contributed by atoms with van der Waals surface area (Å²) < 4.78 is 12.5.